The first kappa shape index (κ1) is 11.5. The SMILES string of the molecule is CCCNC(=O)Nc1ccc(C)c(F)c1. The van der Waals surface area contributed by atoms with Gasteiger partial charge in [0.05, 0.1) is 0 Å². The van der Waals surface area contributed by atoms with Crippen LogP contribution in [0.5, 0.6) is 0 Å². The standard InChI is InChI=1S/C11H15FN2O/c1-3-6-13-11(15)14-9-5-4-8(2)10(12)7-9/h4-5,7H,3,6H2,1-2H3,(H2,13,14,15). The molecule has 3 nitrogen and oxygen atoms in total. The van der Waals surface area contributed by atoms with E-state index in [0.717, 1.165) is 6.42 Å². The van der Waals surface area contributed by atoms with Crippen molar-refractivity contribution in [3.05, 3.63) is 29.6 Å². The number of hydrogen-bond acceptors (Lipinski definition) is 1. The molecule has 0 radical (unpaired) electrons. The molecule has 0 aliphatic rings. The molecule has 1 rings (SSSR count). The Kier molecular flexibility index (Phi) is 4.09. The molecule has 0 aliphatic heterocycles. The number of urea groups is 1. The fourth-order valence-electron chi connectivity index (χ4n) is 1.08. The number of nitrogens with one attached hydrogen (secondary N) is 2. The maximum atomic E-state index is 13.1. The van der Waals surface area contributed by atoms with E-state index in [-0.39, 0.29) is 11.8 Å². The molecule has 0 aromatic heterocycles. The predicted octanol–water partition coefficient (Wildman–Crippen LogP) is 2.67. The van der Waals surface area contributed by atoms with Crippen molar-refractivity contribution in [3.63, 3.8) is 0 Å². The second kappa shape index (κ2) is 5.34. The van der Waals surface area contributed by atoms with Gasteiger partial charge in [-0.2, -0.15) is 0 Å². The van der Waals surface area contributed by atoms with Crippen LogP contribution in [-0.2, 0) is 0 Å². The van der Waals surface area contributed by atoms with Crippen molar-refractivity contribution in [2.45, 2.75) is 20.3 Å². The van der Waals surface area contributed by atoms with E-state index in [9.17, 15) is 9.18 Å². The highest BCUT2D eigenvalue weighted by Crippen LogP contribution is 2.13. The average molecular weight is 210 g/mol. The lowest BCUT2D eigenvalue weighted by molar-refractivity contribution is 0.252. The summed E-state index contributed by atoms with van der Waals surface area (Å²) in [6.07, 6.45) is 0.871. The van der Waals surface area contributed by atoms with Crippen LogP contribution < -0.4 is 10.6 Å². The van der Waals surface area contributed by atoms with E-state index in [1.54, 1.807) is 19.1 Å². The van der Waals surface area contributed by atoms with Gasteiger partial charge in [0.2, 0.25) is 0 Å². The Labute approximate surface area is 88.7 Å². The first-order chi connectivity index (χ1) is 7.13. The summed E-state index contributed by atoms with van der Waals surface area (Å²) in [7, 11) is 0. The van der Waals surface area contributed by atoms with Crippen molar-refractivity contribution in [3.8, 4) is 0 Å². The molecule has 0 atom stereocenters. The lowest BCUT2D eigenvalue weighted by Crippen LogP contribution is -2.29. The predicted molar refractivity (Wildman–Crippen MR) is 58.4 cm³/mol. The zero-order valence-electron chi connectivity index (χ0n) is 8.93. The molecule has 2 N–H and O–H groups in total. The number of anilines is 1. The maximum absolute atomic E-state index is 13.1. The minimum Gasteiger partial charge on any atom is -0.338 e. The summed E-state index contributed by atoms with van der Waals surface area (Å²) < 4.78 is 13.1. The van der Waals surface area contributed by atoms with Gasteiger partial charge in [0.1, 0.15) is 5.82 Å². The third-order valence-electron chi connectivity index (χ3n) is 1.97. The van der Waals surface area contributed by atoms with Crippen LogP contribution in [0.1, 0.15) is 18.9 Å². The first-order valence-corrected chi connectivity index (χ1v) is 4.94. The maximum Gasteiger partial charge on any atom is 0.319 e. The van der Waals surface area contributed by atoms with Crippen LogP contribution in [0.3, 0.4) is 0 Å². The third-order valence-corrected chi connectivity index (χ3v) is 1.97. The summed E-state index contributed by atoms with van der Waals surface area (Å²) in [5, 5.41) is 5.20. The van der Waals surface area contributed by atoms with Gasteiger partial charge >= 0.3 is 6.03 Å². The minimum atomic E-state index is -0.316. The van der Waals surface area contributed by atoms with Gasteiger partial charge in [0.25, 0.3) is 0 Å². The van der Waals surface area contributed by atoms with Crippen molar-refractivity contribution in [1.82, 2.24) is 5.32 Å². The largest absolute Gasteiger partial charge is 0.338 e. The zero-order chi connectivity index (χ0) is 11.3. The molecule has 0 spiro atoms. The van der Waals surface area contributed by atoms with Crippen molar-refractivity contribution in [2.75, 3.05) is 11.9 Å². The second-order valence-corrected chi connectivity index (χ2v) is 3.34. The number of carbonyl (C=O) groups excluding carboxylic acids is 1. The normalized spacial score (nSPS) is 9.80. The number of hydrogen-bond donors (Lipinski definition) is 2. The van der Waals surface area contributed by atoms with Crippen molar-refractivity contribution >= 4 is 11.7 Å². The highest BCUT2D eigenvalue weighted by molar-refractivity contribution is 5.89. The lowest BCUT2D eigenvalue weighted by Gasteiger charge is -2.07. The van der Waals surface area contributed by atoms with Gasteiger partial charge in [-0.3, -0.25) is 0 Å². The van der Waals surface area contributed by atoms with Crippen LogP contribution in [0.25, 0.3) is 0 Å². The molecular formula is C11H15FN2O. The molecule has 0 saturated carbocycles. The summed E-state index contributed by atoms with van der Waals surface area (Å²) in [6.45, 7) is 4.25. The Morgan fingerprint density at radius 2 is 2.20 bits per heavy atom. The van der Waals surface area contributed by atoms with Crippen molar-refractivity contribution in [2.24, 2.45) is 0 Å². The molecule has 0 saturated heterocycles. The molecule has 15 heavy (non-hydrogen) atoms. The van der Waals surface area contributed by atoms with Gasteiger partial charge in [-0.25, -0.2) is 9.18 Å². The molecular weight excluding hydrogens is 195 g/mol. The van der Waals surface area contributed by atoms with Gasteiger partial charge in [0, 0.05) is 12.2 Å². The number of aryl methyl sites for hydroxylation is 1. The highest BCUT2D eigenvalue weighted by atomic mass is 19.1. The van der Waals surface area contributed by atoms with E-state index >= 15 is 0 Å². The minimum absolute atomic E-state index is 0.305. The number of carbonyl (C=O) groups is 1. The fourth-order valence-corrected chi connectivity index (χ4v) is 1.08. The fraction of sp³-hybridized carbons (Fsp3) is 0.364. The van der Waals surface area contributed by atoms with Gasteiger partial charge < -0.3 is 10.6 Å². The van der Waals surface area contributed by atoms with E-state index < -0.39 is 0 Å². The Hall–Kier alpha value is -1.58. The number of benzene rings is 1. The molecule has 4 heteroatoms. The summed E-state index contributed by atoms with van der Waals surface area (Å²) in [6, 6.07) is 4.30. The Morgan fingerprint density at radius 1 is 1.47 bits per heavy atom. The Balaban J connectivity index is 2.57. The molecule has 0 fully saturated rings. The van der Waals surface area contributed by atoms with Gasteiger partial charge in [-0.05, 0) is 31.0 Å². The molecule has 82 valence electrons. The number of rotatable bonds is 3. The van der Waals surface area contributed by atoms with Crippen LogP contribution >= 0.6 is 0 Å². The van der Waals surface area contributed by atoms with Crippen LogP contribution in [-0.4, -0.2) is 12.6 Å². The first-order valence-electron chi connectivity index (χ1n) is 4.94. The molecule has 0 bridgehead atoms. The highest BCUT2D eigenvalue weighted by Gasteiger charge is 2.02. The van der Waals surface area contributed by atoms with E-state index in [2.05, 4.69) is 10.6 Å². The molecule has 1 aromatic rings. The van der Waals surface area contributed by atoms with Crippen LogP contribution in [0.2, 0.25) is 0 Å². The number of amides is 2. The second-order valence-electron chi connectivity index (χ2n) is 3.34. The molecule has 0 heterocycles. The van der Waals surface area contributed by atoms with Crippen molar-refractivity contribution in [1.29, 1.82) is 0 Å². The van der Waals surface area contributed by atoms with E-state index in [4.69, 9.17) is 0 Å². The van der Waals surface area contributed by atoms with E-state index in [0.29, 0.717) is 17.8 Å². The van der Waals surface area contributed by atoms with Crippen molar-refractivity contribution < 1.29 is 9.18 Å². The molecule has 0 unspecified atom stereocenters. The third kappa shape index (κ3) is 3.58. The molecule has 2 amide bonds. The topological polar surface area (TPSA) is 41.1 Å². The van der Waals surface area contributed by atoms with Crippen LogP contribution in [0.15, 0.2) is 18.2 Å². The van der Waals surface area contributed by atoms with Gasteiger partial charge in [0.15, 0.2) is 0 Å². The molecule has 1 aromatic carbocycles. The summed E-state index contributed by atoms with van der Waals surface area (Å²) >= 11 is 0. The Morgan fingerprint density at radius 3 is 2.80 bits per heavy atom. The summed E-state index contributed by atoms with van der Waals surface area (Å²) in [5.41, 5.74) is 1.03. The monoisotopic (exact) mass is 210 g/mol. The van der Waals surface area contributed by atoms with Crippen LogP contribution in [0.4, 0.5) is 14.9 Å². The van der Waals surface area contributed by atoms with E-state index in [1.165, 1.54) is 6.07 Å². The van der Waals surface area contributed by atoms with E-state index in [1.807, 2.05) is 6.92 Å². The average Bonchev–Trinajstić information content (AvgIpc) is 2.20. The molecule has 0 aliphatic carbocycles. The lowest BCUT2D eigenvalue weighted by atomic mass is 10.2. The van der Waals surface area contributed by atoms with Gasteiger partial charge in [-0.15, -0.1) is 0 Å². The summed E-state index contributed by atoms with van der Waals surface area (Å²) in [4.78, 5) is 11.2. The quantitative estimate of drug-likeness (QED) is 0.791. The summed E-state index contributed by atoms with van der Waals surface area (Å²) in [5.74, 6) is -0.316. The van der Waals surface area contributed by atoms with Crippen LogP contribution in [0, 0.1) is 12.7 Å². The smallest absolute Gasteiger partial charge is 0.319 e. The zero-order valence-corrected chi connectivity index (χ0v) is 8.93. The Bertz CT molecular complexity index is 352. The number of halogens is 1. The van der Waals surface area contributed by atoms with Gasteiger partial charge in [-0.1, -0.05) is 13.0 Å².